The van der Waals surface area contributed by atoms with E-state index in [1.807, 2.05) is 25.1 Å². The highest BCUT2D eigenvalue weighted by Crippen LogP contribution is 2.38. The van der Waals surface area contributed by atoms with Crippen molar-refractivity contribution in [2.45, 2.75) is 37.7 Å². The van der Waals surface area contributed by atoms with Crippen LogP contribution in [0.25, 0.3) is 0 Å². The lowest BCUT2D eigenvalue weighted by Gasteiger charge is -2.28. The number of hydrogen-bond donors (Lipinski definition) is 1. The first-order valence-electron chi connectivity index (χ1n) is 6.53. The summed E-state index contributed by atoms with van der Waals surface area (Å²) in [6, 6.07) is 10.1. The van der Waals surface area contributed by atoms with Crippen LogP contribution < -0.4 is 0 Å². The van der Waals surface area contributed by atoms with Crippen molar-refractivity contribution in [3.8, 4) is 0 Å². The zero-order valence-electron chi connectivity index (χ0n) is 10.6. The van der Waals surface area contributed by atoms with Gasteiger partial charge in [0.05, 0.1) is 12.5 Å². The largest absolute Gasteiger partial charge is 0.472 e. The maximum Gasteiger partial charge on any atom is 0.115 e. The zero-order valence-corrected chi connectivity index (χ0v) is 10.6. The van der Waals surface area contributed by atoms with Gasteiger partial charge < -0.3 is 9.52 Å². The van der Waals surface area contributed by atoms with Gasteiger partial charge in [-0.15, -0.1) is 0 Å². The molecule has 3 rings (SSSR count). The molecule has 1 fully saturated rings. The average molecular weight is 242 g/mol. The second kappa shape index (κ2) is 4.29. The Hall–Kier alpha value is -1.54. The molecule has 1 unspecified atom stereocenters. The molecule has 0 aliphatic heterocycles. The minimum atomic E-state index is -0.979. The van der Waals surface area contributed by atoms with Crippen molar-refractivity contribution in [3.05, 3.63) is 59.5 Å². The van der Waals surface area contributed by atoms with Crippen LogP contribution in [0.2, 0.25) is 0 Å². The first-order valence-corrected chi connectivity index (χ1v) is 6.53. The Labute approximate surface area is 107 Å². The van der Waals surface area contributed by atoms with E-state index in [1.165, 1.54) is 24.8 Å². The van der Waals surface area contributed by atoms with E-state index in [9.17, 15) is 5.11 Å². The van der Waals surface area contributed by atoms with E-state index in [0.717, 1.165) is 11.1 Å². The number of furan rings is 1. The van der Waals surface area contributed by atoms with Crippen LogP contribution in [0.5, 0.6) is 0 Å². The summed E-state index contributed by atoms with van der Waals surface area (Å²) in [5.41, 5.74) is 2.11. The summed E-state index contributed by atoms with van der Waals surface area (Å²) < 4.78 is 5.07. The van der Waals surface area contributed by atoms with Crippen molar-refractivity contribution in [3.63, 3.8) is 0 Å². The van der Waals surface area contributed by atoms with Gasteiger partial charge in [-0.25, -0.2) is 0 Å². The number of benzene rings is 1. The monoisotopic (exact) mass is 242 g/mol. The van der Waals surface area contributed by atoms with Crippen LogP contribution in [0.3, 0.4) is 0 Å². The highest BCUT2D eigenvalue weighted by atomic mass is 16.3. The van der Waals surface area contributed by atoms with Crippen LogP contribution in [-0.4, -0.2) is 5.11 Å². The van der Waals surface area contributed by atoms with Crippen molar-refractivity contribution in [2.75, 3.05) is 0 Å². The molecule has 0 bridgehead atoms. The quantitative estimate of drug-likeness (QED) is 0.888. The van der Waals surface area contributed by atoms with Gasteiger partial charge in [-0.05, 0) is 42.9 Å². The summed E-state index contributed by atoms with van der Waals surface area (Å²) in [6.07, 6.45) is 7.08. The maximum atomic E-state index is 10.7. The molecule has 1 atom stereocenters. The van der Waals surface area contributed by atoms with Crippen LogP contribution in [0.4, 0.5) is 0 Å². The van der Waals surface area contributed by atoms with Gasteiger partial charge in [0.25, 0.3) is 0 Å². The molecule has 1 saturated carbocycles. The van der Waals surface area contributed by atoms with Gasteiger partial charge in [0, 0.05) is 5.56 Å². The zero-order chi connectivity index (χ0) is 12.6. The highest BCUT2D eigenvalue weighted by molar-refractivity contribution is 5.37. The van der Waals surface area contributed by atoms with E-state index < -0.39 is 5.60 Å². The first-order chi connectivity index (χ1) is 8.68. The number of rotatable bonds is 3. The molecular weight excluding hydrogens is 224 g/mol. The molecule has 0 radical (unpaired) electrons. The molecule has 1 aromatic carbocycles. The van der Waals surface area contributed by atoms with E-state index >= 15 is 0 Å². The lowest BCUT2D eigenvalue weighted by atomic mass is 9.78. The highest BCUT2D eigenvalue weighted by Gasteiger charge is 2.28. The molecule has 2 heteroatoms. The molecule has 18 heavy (non-hydrogen) atoms. The van der Waals surface area contributed by atoms with E-state index in [4.69, 9.17) is 4.42 Å². The molecule has 0 amide bonds. The number of aliphatic hydroxyl groups is 1. The smallest absolute Gasteiger partial charge is 0.115 e. The summed E-state index contributed by atoms with van der Waals surface area (Å²) in [5.74, 6) is 0.685. The van der Waals surface area contributed by atoms with Crippen molar-refractivity contribution >= 4 is 0 Å². The van der Waals surface area contributed by atoms with Gasteiger partial charge in [-0.3, -0.25) is 0 Å². The molecule has 1 aliphatic carbocycles. The Morgan fingerprint density at radius 1 is 1.22 bits per heavy atom. The molecule has 0 spiro atoms. The molecule has 1 aromatic heterocycles. The Morgan fingerprint density at radius 3 is 2.67 bits per heavy atom. The number of hydrogen-bond acceptors (Lipinski definition) is 2. The summed E-state index contributed by atoms with van der Waals surface area (Å²) >= 11 is 0. The minimum absolute atomic E-state index is 0.685. The molecule has 2 aromatic rings. The normalized spacial score (nSPS) is 19.2. The average Bonchev–Trinajstić information content (AvgIpc) is 2.81. The van der Waals surface area contributed by atoms with Crippen molar-refractivity contribution in [1.82, 2.24) is 0 Å². The molecule has 2 nitrogen and oxygen atoms in total. The molecule has 1 aliphatic rings. The third kappa shape index (κ3) is 1.87. The van der Waals surface area contributed by atoms with E-state index in [2.05, 4.69) is 12.1 Å². The molecule has 0 saturated heterocycles. The summed E-state index contributed by atoms with van der Waals surface area (Å²) in [4.78, 5) is 0. The molecule has 94 valence electrons. The van der Waals surface area contributed by atoms with Crippen molar-refractivity contribution in [1.29, 1.82) is 0 Å². The lowest BCUT2D eigenvalue weighted by Crippen LogP contribution is -2.22. The summed E-state index contributed by atoms with van der Waals surface area (Å²) in [7, 11) is 0. The van der Waals surface area contributed by atoms with Crippen molar-refractivity contribution < 1.29 is 9.52 Å². The standard InChI is InChI=1S/C16H18O2/c1-16(17,15-8-9-18-11-15)14-7-3-6-13(10-14)12-4-2-5-12/h3,6-12,17H,2,4-5H2,1H3. The van der Waals surface area contributed by atoms with Crippen LogP contribution in [0.15, 0.2) is 47.3 Å². The summed E-state index contributed by atoms with van der Waals surface area (Å²) in [5, 5.41) is 10.7. The van der Waals surface area contributed by atoms with Gasteiger partial charge in [-0.2, -0.15) is 0 Å². The molecule has 1 N–H and O–H groups in total. The van der Waals surface area contributed by atoms with Gasteiger partial charge >= 0.3 is 0 Å². The fourth-order valence-electron chi connectivity index (χ4n) is 2.55. The lowest BCUT2D eigenvalue weighted by molar-refractivity contribution is 0.101. The second-order valence-electron chi connectivity index (χ2n) is 5.34. The Kier molecular flexibility index (Phi) is 2.75. The SMILES string of the molecule is CC(O)(c1ccoc1)c1cccc(C2CCC2)c1. The first kappa shape index (κ1) is 11.5. The van der Waals surface area contributed by atoms with Crippen LogP contribution in [0, 0.1) is 0 Å². The Balaban J connectivity index is 1.96. The van der Waals surface area contributed by atoms with E-state index in [-0.39, 0.29) is 0 Å². The Bertz CT molecular complexity index is 522. The third-order valence-electron chi connectivity index (χ3n) is 4.11. The third-order valence-corrected chi connectivity index (χ3v) is 4.11. The van der Waals surface area contributed by atoms with Crippen LogP contribution in [-0.2, 0) is 5.60 Å². The van der Waals surface area contributed by atoms with E-state index in [1.54, 1.807) is 12.5 Å². The fourth-order valence-corrected chi connectivity index (χ4v) is 2.55. The second-order valence-corrected chi connectivity index (χ2v) is 5.34. The van der Waals surface area contributed by atoms with E-state index in [0.29, 0.717) is 5.92 Å². The maximum absolute atomic E-state index is 10.7. The van der Waals surface area contributed by atoms with Crippen LogP contribution in [0.1, 0.15) is 48.8 Å². The topological polar surface area (TPSA) is 33.4 Å². The molecular formula is C16H18O2. The predicted octanol–water partition coefficient (Wildman–Crippen LogP) is 3.80. The van der Waals surface area contributed by atoms with Crippen molar-refractivity contribution in [2.24, 2.45) is 0 Å². The van der Waals surface area contributed by atoms with Gasteiger partial charge in [0.2, 0.25) is 0 Å². The Morgan fingerprint density at radius 2 is 2.06 bits per heavy atom. The predicted molar refractivity (Wildman–Crippen MR) is 70.4 cm³/mol. The molecule has 1 heterocycles. The fraction of sp³-hybridized carbons (Fsp3) is 0.375. The van der Waals surface area contributed by atoms with Gasteiger partial charge in [0.1, 0.15) is 5.60 Å². The summed E-state index contributed by atoms with van der Waals surface area (Å²) in [6.45, 7) is 1.82. The van der Waals surface area contributed by atoms with Gasteiger partial charge in [-0.1, -0.05) is 30.7 Å². The minimum Gasteiger partial charge on any atom is -0.472 e. The van der Waals surface area contributed by atoms with Gasteiger partial charge in [0.15, 0.2) is 0 Å². The van der Waals surface area contributed by atoms with Crippen LogP contribution >= 0.6 is 0 Å².